The van der Waals surface area contributed by atoms with Gasteiger partial charge in [-0.3, -0.25) is 0 Å². The van der Waals surface area contributed by atoms with Crippen molar-refractivity contribution in [2.24, 2.45) is 0 Å². The molecule has 0 spiro atoms. The molecule has 0 amide bonds. The molecule has 3 nitrogen and oxygen atoms in total. The van der Waals surface area contributed by atoms with Crippen LogP contribution in [0.4, 0.5) is 0 Å². The average molecular weight is 318 g/mol. The van der Waals surface area contributed by atoms with Gasteiger partial charge < -0.3 is 9.47 Å². The molecule has 0 fully saturated rings. The quantitative estimate of drug-likeness (QED) is 0.461. The lowest BCUT2D eigenvalue weighted by atomic mass is 10.1. The highest BCUT2D eigenvalue weighted by Gasteiger charge is 2.21. The molecule has 2 aromatic rings. The second-order valence-electron chi connectivity index (χ2n) is 5.53. The van der Waals surface area contributed by atoms with Gasteiger partial charge in [-0.15, -0.1) is 0 Å². The van der Waals surface area contributed by atoms with Crippen molar-refractivity contribution in [3.8, 4) is 5.75 Å². The van der Waals surface area contributed by atoms with Gasteiger partial charge in [0.25, 0.3) is 0 Å². The maximum absolute atomic E-state index is 12.1. The third-order valence-corrected chi connectivity index (χ3v) is 3.63. The molecule has 0 atom stereocenters. The Labute approximate surface area is 141 Å². The largest absolute Gasteiger partial charge is 0.490 e. The van der Waals surface area contributed by atoms with Gasteiger partial charge in [-0.2, -0.15) is 0 Å². The summed E-state index contributed by atoms with van der Waals surface area (Å²) in [6, 6.07) is 15.4. The van der Waals surface area contributed by atoms with E-state index < -0.39 is 0 Å². The van der Waals surface area contributed by atoms with Crippen LogP contribution in [0.3, 0.4) is 0 Å². The second-order valence-corrected chi connectivity index (χ2v) is 5.53. The van der Waals surface area contributed by atoms with E-state index in [1.54, 1.807) is 18.2 Å². The lowest BCUT2D eigenvalue weighted by molar-refractivity contribution is -0.130. The van der Waals surface area contributed by atoms with Crippen LogP contribution in [0.25, 0.3) is 11.8 Å². The van der Waals surface area contributed by atoms with Crippen LogP contribution in [-0.2, 0) is 9.53 Å². The molecule has 24 heavy (non-hydrogen) atoms. The van der Waals surface area contributed by atoms with E-state index >= 15 is 0 Å². The predicted octanol–water partition coefficient (Wildman–Crippen LogP) is 4.54. The van der Waals surface area contributed by atoms with E-state index in [9.17, 15) is 4.79 Å². The Morgan fingerprint density at radius 3 is 2.46 bits per heavy atom. The number of benzene rings is 2. The standard InChI is InChI=1S/C21H18O3/c1-3-12-23-19-10-6-16(7-11-19)13-18-14-20(24-21(18)22)17-8-4-15(2)5-9-17/h3-11,13-14H,1,12H2,2H3/b18-13+. The summed E-state index contributed by atoms with van der Waals surface area (Å²) in [4.78, 5) is 12.1. The molecule has 0 aliphatic carbocycles. The molecule has 0 N–H and O–H groups in total. The lowest BCUT2D eigenvalue weighted by Gasteiger charge is -2.03. The fourth-order valence-electron chi connectivity index (χ4n) is 2.34. The van der Waals surface area contributed by atoms with Crippen LogP contribution in [0.5, 0.6) is 5.75 Å². The van der Waals surface area contributed by atoms with Gasteiger partial charge in [0.2, 0.25) is 0 Å². The van der Waals surface area contributed by atoms with Crippen molar-refractivity contribution in [3.63, 3.8) is 0 Å². The molecular formula is C21H18O3. The highest BCUT2D eigenvalue weighted by atomic mass is 16.5. The Morgan fingerprint density at radius 2 is 1.79 bits per heavy atom. The van der Waals surface area contributed by atoms with Gasteiger partial charge in [0.1, 0.15) is 18.1 Å². The van der Waals surface area contributed by atoms with Crippen LogP contribution in [0.15, 0.2) is 72.8 Å². The summed E-state index contributed by atoms with van der Waals surface area (Å²) >= 11 is 0. The Bertz CT molecular complexity index is 809. The molecule has 1 heterocycles. The van der Waals surface area contributed by atoms with E-state index in [0.29, 0.717) is 17.9 Å². The molecule has 1 aliphatic heterocycles. The summed E-state index contributed by atoms with van der Waals surface area (Å²) in [5.41, 5.74) is 3.50. The van der Waals surface area contributed by atoms with Crippen molar-refractivity contribution in [2.45, 2.75) is 6.92 Å². The maximum atomic E-state index is 12.1. The van der Waals surface area contributed by atoms with Crippen molar-refractivity contribution >= 4 is 17.8 Å². The molecule has 3 rings (SSSR count). The van der Waals surface area contributed by atoms with E-state index in [1.165, 1.54) is 5.56 Å². The van der Waals surface area contributed by atoms with Crippen molar-refractivity contribution in [1.29, 1.82) is 0 Å². The van der Waals surface area contributed by atoms with E-state index in [-0.39, 0.29) is 5.97 Å². The third-order valence-electron chi connectivity index (χ3n) is 3.63. The zero-order valence-corrected chi connectivity index (χ0v) is 13.5. The summed E-state index contributed by atoms with van der Waals surface area (Å²) in [6.45, 7) is 6.10. The first kappa shape index (κ1) is 15.8. The first-order valence-electron chi connectivity index (χ1n) is 7.72. The molecule has 2 aromatic carbocycles. The molecule has 0 saturated heterocycles. The fraction of sp³-hybridized carbons (Fsp3) is 0.0952. The van der Waals surface area contributed by atoms with Crippen molar-refractivity contribution < 1.29 is 14.3 Å². The molecule has 3 heteroatoms. The van der Waals surface area contributed by atoms with Gasteiger partial charge in [0, 0.05) is 5.56 Å². The summed E-state index contributed by atoms with van der Waals surface area (Å²) in [6.07, 6.45) is 5.28. The minimum absolute atomic E-state index is 0.336. The van der Waals surface area contributed by atoms with Crippen molar-refractivity contribution in [1.82, 2.24) is 0 Å². The van der Waals surface area contributed by atoms with Crippen LogP contribution in [0.2, 0.25) is 0 Å². The van der Waals surface area contributed by atoms with Gasteiger partial charge >= 0.3 is 5.97 Å². The normalized spacial score (nSPS) is 15.1. The number of rotatable bonds is 5. The van der Waals surface area contributed by atoms with Crippen LogP contribution in [0, 0.1) is 6.92 Å². The molecule has 0 bridgehead atoms. The topological polar surface area (TPSA) is 35.5 Å². The summed E-state index contributed by atoms with van der Waals surface area (Å²) in [7, 11) is 0. The number of cyclic esters (lactones) is 1. The Morgan fingerprint density at radius 1 is 1.08 bits per heavy atom. The second kappa shape index (κ2) is 7.01. The molecule has 1 aliphatic rings. The van der Waals surface area contributed by atoms with Gasteiger partial charge in [0.15, 0.2) is 0 Å². The van der Waals surface area contributed by atoms with E-state index in [1.807, 2.05) is 55.5 Å². The number of hydrogen-bond acceptors (Lipinski definition) is 3. The zero-order valence-electron chi connectivity index (χ0n) is 13.5. The van der Waals surface area contributed by atoms with Crippen LogP contribution < -0.4 is 4.74 Å². The summed E-state index contributed by atoms with van der Waals surface area (Å²) < 4.78 is 10.8. The zero-order chi connectivity index (χ0) is 16.9. The third kappa shape index (κ3) is 3.63. The van der Waals surface area contributed by atoms with Crippen LogP contribution >= 0.6 is 0 Å². The van der Waals surface area contributed by atoms with Crippen LogP contribution in [-0.4, -0.2) is 12.6 Å². The first-order chi connectivity index (χ1) is 11.7. The smallest absolute Gasteiger partial charge is 0.343 e. The van der Waals surface area contributed by atoms with Gasteiger partial charge in [-0.1, -0.05) is 54.6 Å². The van der Waals surface area contributed by atoms with Gasteiger partial charge in [-0.05, 0) is 36.8 Å². The van der Waals surface area contributed by atoms with E-state index in [0.717, 1.165) is 16.9 Å². The first-order valence-corrected chi connectivity index (χ1v) is 7.72. The van der Waals surface area contributed by atoms with Crippen LogP contribution in [0.1, 0.15) is 16.7 Å². The highest BCUT2D eigenvalue weighted by molar-refractivity contribution is 6.05. The Hall–Kier alpha value is -3.07. The molecule has 0 aromatic heterocycles. The predicted molar refractivity (Wildman–Crippen MR) is 95.4 cm³/mol. The maximum Gasteiger partial charge on any atom is 0.343 e. The Balaban J connectivity index is 1.80. The minimum Gasteiger partial charge on any atom is -0.490 e. The number of esters is 1. The van der Waals surface area contributed by atoms with E-state index in [2.05, 4.69) is 6.58 Å². The van der Waals surface area contributed by atoms with Gasteiger partial charge in [-0.25, -0.2) is 4.79 Å². The molecular weight excluding hydrogens is 300 g/mol. The monoisotopic (exact) mass is 318 g/mol. The SMILES string of the molecule is C=CCOc1ccc(/C=C2\C=C(c3ccc(C)cc3)OC2=O)cc1. The summed E-state index contributed by atoms with van der Waals surface area (Å²) in [5, 5.41) is 0. The minimum atomic E-state index is -0.336. The number of aryl methyl sites for hydroxylation is 1. The number of hydrogen-bond donors (Lipinski definition) is 0. The molecule has 0 saturated carbocycles. The summed E-state index contributed by atoms with van der Waals surface area (Å²) in [5.74, 6) is 1.01. The lowest BCUT2D eigenvalue weighted by Crippen LogP contribution is -1.97. The number of carbonyl (C=O) groups is 1. The molecule has 0 radical (unpaired) electrons. The number of carbonyl (C=O) groups excluding carboxylic acids is 1. The van der Waals surface area contributed by atoms with Crippen molar-refractivity contribution in [3.05, 3.63) is 89.5 Å². The number of ether oxygens (including phenoxy) is 2. The molecule has 120 valence electrons. The molecule has 0 unspecified atom stereocenters. The van der Waals surface area contributed by atoms with Crippen molar-refractivity contribution in [2.75, 3.05) is 6.61 Å². The van der Waals surface area contributed by atoms with Gasteiger partial charge in [0.05, 0.1) is 5.57 Å². The fourth-order valence-corrected chi connectivity index (χ4v) is 2.34. The Kier molecular flexibility index (Phi) is 4.62. The average Bonchev–Trinajstić information content (AvgIpc) is 2.95. The highest BCUT2D eigenvalue weighted by Crippen LogP contribution is 2.27. The van der Waals surface area contributed by atoms with E-state index in [4.69, 9.17) is 9.47 Å².